The molecule has 0 unspecified atom stereocenters. The van der Waals surface area contributed by atoms with Crippen LogP contribution in [-0.2, 0) is 9.53 Å². The van der Waals surface area contributed by atoms with Crippen LogP contribution >= 0.6 is 11.6 Å². The summed E-state index contributed by atoms with van der Waals surface area (Å²) in [6, 6.07) is 16.3. The van der Waals surface area contributed by atoms with Crippen molar-refractivity contribution in [2.45, 2.75) is 18.9 Å². The number of aromatic nitrogens is 2. The van der Waals surface area contributed by atoms with Crippen LogP contribution in [0.4, 0.5) is 5.69 Å². The monoisotopic (exact) mass is 475 g/mol. The molecule has 4 aromatic rings. The lowest BCUT2D eigenvalue weighted by Gasteiger charge is -2.34. The van der Waals surface area contributed by atoms with Crippen LogP contribution in [0.3, 0.4) is 0 Å². The smallest absolute Gasteiger partial charge is 0.308 e. The Labute approximate surface area is 201 Å². The summed E-state index contributed by atoms with van der Waals surface area (Å²) in [5.41, 5.74) is 2.21. The number of carbonyl (C=O) groups excluding carboxylic acids is 2. The lowest BCUT2D eigenvalue weighted by Crippen LogP contribution is -2.40. The first-order valence-electron chi connectivity index (χ1n) is 10.9. The number of anilines is 1. The van der Waals surface area contributed by atoms with Gasteiger partial charge in [-0.3, -0.25) is 9.59 Å². The fourth-order valence-electron chi connectivity index (χ4n) is 4.18. The second kappa shape index (κ2) is 9.19. The second-order valence-electron chi connectivity index (χ2n) is 8.20. The molecule has 0 spiro atoms. The highest BCUT2D eigenvalue weighted by atomic mass is 35.5. The molecule has 7 nitrogen and oxygen atoms in total. The lowest BCUT2D eigenvalue weighted by molar-refractivity contribution is -0.148. The summed E-state index contributed by atoms with van der Waals surface area (Å²) in [6.07, 6.45) is 4.68. The number of pyridine rings is 1. The number of ether oxygens (including phenoxy) is 2. The van der Waals surface area contributed by atoms with Gasteiger partial charge in [-0.15, -0.1) is 0 Å². The molecule has 2 N–H and O–H groups in total. The molecule has 0 radical (unpaired) electrons. The zero-order valence-corrected chi connectivity index (χ0v) is 19.1. The summed E-state index contributed by atoms with van der Waals surface area (Å²) in [6.45, 7) is 0. The summed E-state index contributed by atoms with van der Waals surface area (Å²) in [5, 5.41) is 4.43. The van der Waals surface area contributed by atoms with E-state index in [-0.39, 0.29) is 23.7 Å². The van der Waals surface area contributed by atoms with Crippen molar-refractivity contribution in [3.05, 3.63) is 83.1 Å². The minimum atomic E-state index is -0.223. The summed E-state index contributed by atoms with van der Waals surface area (Å²) in [4.78, 5) is 32.6. The van der Waals surface area contributed by atoms with Gasteiger partial charge in [0.1, 0.15) is 17.1 Å². The fourth-order valence-corrected chi connectivity index (χ4v) is 4.44. The molecule has 1 saturated carbocycles. The molecule has 2 aromatic heterocycles. The number of benzene rings is 2. The Morgan fingerprint density at radius 1 is 1.06 bits per heavy atom. The van der Waals surface area contributed by atoms with E-state index < -0.39 is 0 Å². The number of esters is 1. The van der Waals surface area contributed by atoms with E-state index in [1.165, 1.54) is 7.11 Å². The van der Waals surface area contributed by atoms with Crippen molar-refractivity contribution in [3.8, 4) is 11.5 Å². The molecule has 5 rings (SSSR count). The third kappa shape index (κ3) is 4.22. The van der Waals surface area contributed by atoms with Crippen LogP contribution in [-0.4, -0.2) is 34.9 Å². The highest BCUT2D eigenvalue weighted by Crippen LogP contribution is 2.35. The minimum absolute atomic E-state index is 0.0948. The number of para-hydroxylation sites is 1. The predicted octanol–water partition coefficient (Wildman–Crippen LogP) is 5.60. The number of hydrogen-bond acceptors (Lipinski definition) is 6. The van der Waals surface area contributed by atoms with Gasteiger partial charge in [0.05, 0.1) is 29.0 Å². The van der Waals surface area contributed by atoms with Gasteiger partial charge >= 0.3 is 5.97 Å². The molecular formula is C26H22ClN3O4. The van der Waals surface area contributed by atoms with Gasteiger partial charge in [0, 0.05) is 35.8 Å². The number of ketones is 1. The third-order valence-electron chi connectivity index (χ3n) is 6.01. The highest BCUT2D eigenvalue weighted by Gasteiger charge is 2.35. The minimum Gasteiger partial charge on any atom is -0.469 e. The highest BCUT2D eigenvalue weighted by molar-refractivity contribution is 6.35. The van der Waals surface area contributed by atoms with E-state index in [0.717, 1.165) is 5.69 Å². The van der Waals surface area contributed by atoms with Gasteiger partial charge in [0.2, 0.25) is 0 Å². The van der Waals surface area contributed by atoms with Gasteiger partial charge in [-0.2, -0.15) is 0 Å². The van der Waals surface area contributed by atoms with Crippen molar-refractivity contribution >= 4 is 40.1 Å². The number of methoxy groups -OCH3 is 1. The number of carbonyl (C=O) groups is 2. The van der Waals surface area contributed by atoms with Gasteiger partial charge < -0.3 is 19.8 Å². The molecule has 172 valence electrons. The fraction of sp³-hybridized carbons (Fsp3) is 0.192. The Balaban J connectivity index is 1.39. The lowest BCUT2D eigenvalue weighted by atomic mass is 9.80. The summed E-state index contributed by atoms with van der Waals surface area (Å²) < 4.78 is 10.6. The first-order chi connectivity index (χ1) is 16.5. The number of fused-ring (bicyclic) bond motifs is 1. The summed E-state index contributed by atoms with van der Waals surface area (Å²) >= 11 is 6.49. The van der Waals surface area contributed by atoms with Crippen molar-refractivity contribution in [2.75, 3.05) is 12.4 Å². The second-order valence-corrected chi connectivity index (χ2v) is 8.61. The van der Waals surface area contributed by atoms with Crippen LogP contribution in [0, 0.1) is 5.92 Å². The van der Waals surface area contributed by atoms with Gasteiger partial charge in [-0.25, -0.2) is 4.98 Å². The van der Waals surface area contributed by atoms with Crippen molar-refractivity contribution in [1.82, 2.24) is 9.97 Å². The van der Waals surface area contributed by atoms with Crippen molar-refractivity contribution < 1.29 is 19.1 Å². The average Bonchev–Trinajstić information content (AvgIpc) is 3.26. The first kappa shape index (κ1) is 22.0. The number of nitrogens with zero attached hydrogens (tertiary/aromatic N) is 1. The molecule has 34 heavy (non-hydrogen) atoms. The quantitative estimate of drug-likeness (QED) is 0.267. The molecule has 0 bridgehead atoms. The Kier molecular flexibility index (Phi) is 5.94. The van der Waals surface area contributed by atoms with E-state index in [2.05, 4.69) is 15.3 Å². The van der Waals surface area contributed by atoms with Crippen molar-refractivity contribution in [2.24, 2.45) is 5.92 Å². The molecular weight excluding hydrogens is 454 g/mol. The summed E-state index contributed by atoms with van der Waals surface area (Å²) in [5.74, 6) is 0.717. The number of rotatable bonds is 7. The molecule has 0 saturated heterocycles. The van der Waals surface area contributed by atoms with Gasteiger partial charge in [-0.05, 0) is 43.2 Å². The Hall–Kier alpha value is -3.84. The molecule has 2 heterocycles. The Bertz CT molecular complexity index is 1360. The topological polar surface area (TPSA) is 93.3 Å². The zero-order valence-electron chi connectivity index (χ0n) is 18.4. The predicted molar refractivity (Wildman–Crippen MR) is 130 cm³/mol. The van der Waals surface area contributed by atoms with Gasteiger partial charge in [0.25, 0.3) is 0 Å². The maximum atomic E-state index is 13.5. The third-order valence-corrected chi connectivity index (χ3v) is 6.33. The van der Waals surface area contributed by atoms with E-state index in [4.69, 9.17) is 21.1 Å². The Morgan fingerprint density at radius 3 is 2.59 bits per heavy atom. The van der Waals surface area contributed by atoms with Crippen molar-refractivity contribution in [1.29, 1.82) is 0 Å². The van der Waals surface area contributed by atoms with E-state index in [0.29, 0.717) is 51.5 Å². The molecule has 1 aliphatic carbocycles. The van der Waals surface area contributed by atoms with Crippen LogP contribution in [0.5, 0.6) is 11.5 Å². The molecule has 0 amide bonds. The molecule has 2 aromatic carbocycles. The van der Waals surface area contributed by atoms with E-state index in [1.54, 1.807) is 30.6 Å². The number of H-pyrrole nitrogens is 1. The number of hydrogen-bond donors (Lipinski definition) is 2. The molecule has 0 aliphatic heterocycles. The van der Waals surface area contributed by atoms with Gasteiger partial charge in [-0.1, -0.05) is 29.8 Å². The number of nitrogens with one attached hydrogen (secondary N) is 2. The van der Waals surface area contributed by atoms with E-state index in [1.807, 2.05) is 36.4 Å². The van der Waals surface area contributed by atoms with Crippen LogP contribution in [0.2, 0.25) is 5.02 Å². The van der Waals surface area contributed by atoms with Crippen LogP contribution in [0.25, 0.3) is 11.0 Å². The number of halogens is 1. The molecule has 1 aliphatic rings. The molecule has 0 atom stereocenters. The number of aromatic amines is 1. The largest absolute Gasteiger partial charge is 0.469 e. The van der Waals surface area contributed by atoms with E-state index in [9.17, 15) is 9.59 Å². The normalized spacial score (nSPS) is 17.1. The first-order valence-corrected chi connectivity index (χ1v) is 11.3. The van der Waals surface area contributed by atoms with Crippen LogP contribution in [0.1, 0.15) is 28.8 Å². The zero-order chi connectivity index (χ0) is 23.7. The van der Waals surface area contributed by atoms with Gasteiger partial charge in [0.15, 0.2) is 5.78 Å². The van der Waals surface area contributed by atoms with Crippen molar-refractivity contribution in [3.63, 3.8) is 0 Å². The van der Waals surface area contributed by atoms with Crippen LogP contribution in [0.15, 0.2) is 67.0 Å². The van der Waals surface area contributed by atoms with E-state index >= 15 is 0 Å². The standard InChI is InChI=1S/C26H22ClN3O4/c1-33-26(32)15-11-16(12-15)30-22-9-10-28-25-23(22)20(14-29-25)24(31)19-8-7-18(13-21(19)27)34-17-5-3-2-4-6-17/h2-10,13-16H,11-12H2,1H3,(H2,28,29,30)/t15-,16-. The maximum Gasteiger partial charge on any atom is 0.308 e. The Morgan fingerprint density at radius 2 is 1.85 bits per heavy atom. The SMILES string of the molecule is COC(=O)[C@H]1C[C@H](Nc2ccnc3[nH]cc(C(=O)c4ccc(Oc5ccccc5)cc4Cl)c23)C1. The van der Waals surface area contributed by atoms with Crippen LogP contribution < -0.4 is 10.1 Å². The average molecular weight is 476 g/mol. The summed E-state index contributed by atoms with van der Waals surface area (Å²) in [7, 11) is 1.40. The molecule has 8 heteroatoms. The maximum absolute atomic E-state index is 13.5. The molecule has 1 fully saturated rings.